The van der Waals surface area contributed by atoms with Crippen molar-refractivity contribution >= 4 is 0 Å². The molecule has 0 aliphatic carbocycles. The fourth-order valence-corrected chi connectivity index (χ4v) is 2.64. The Kier molecular flexibility index (Phi) is 4.65. The van der Waals surface area contributed by atoms with Crippen LogP contribution in [0.25, 0.3) is 0 Å². The van der Waals surface area contributed by atoms with Crippen LogP contribution in [-0.4, -0.2) is 51.4 Å². The van der Waals surface area contributed by atoms with Gasteiger partial charge in [0.2, 0.25) is 0 Å². The summed E-state index contributed by atoms with van der Waals surface area (Å²) in [5.74, 6) is -0.138. The number of aromatic nitrogens is 3. The largest absolute Gasteiger partial charge is 0.387 e. The van der Waals surface area contributed by atoms with Gasteiger partial charge in [-0.15, -0.1) is 0 Å². The van der Waals surface area contributed by atoms with Crippen LogP contribution in [0, 0.1) is 18.6 Å². The van der Waals surface area contributed by atoms with E-state index in [1.807, 2.05) is 4.90 Å². The van der Waals surface area contributed by atoms with Gasteiger partial charge in [0.1, 0.15) is 23.6 Å². The second kappa shape index (κ2) is 6.69. The number of ether oxygens (including phenoxy) is 1. The molecule has 0 unspecified atom stereocenters. The van der Waals surface area contributed by atoms with E-state index in [-0.39, 0.29) is 18.2 Å². The third-order valence-electron chi connectivity index (χ3n) is 3.81. The van der Waals surface area contributed by atoms with Crippen LogP contribution in [0.4, 0.5) is 8.78 Å². The standard InChI is InChI=1S/C15H18F2N4O2/c1-9-18-15(20-19-9)14-8-21(4-5-23-14)7-13(22)11-3-2-10(16)6-12(11)17/h2-3,6,13-14,22H,4-5,7-8H2,1H3,(H,18,19,20)/t13-,14+/m1/s1. The molecule has 0 saturated carbocycles. The predicted molar refractivity (Wildman–Crippen MR) is 77.6 cm³/mol. The molecule has 6 nitrogen and oxygen atoms in total. The van der Waals surface area contributed by atoms with Gasteiger partial charge in [-0.3, -0.25) is 10.00 Å². The highest BCUT2D eigenvalue weighted by Crippen LogP contribution is 2.23. The Hall–Kier alpha value is -1.90. The molecule has 0 amide bonds. The first-order valence-corrected chi connectivity index (χ1v) is 7.39. The first kappa shape index (κ1) is 16.0. The minimum atomic E-state index is -1.04. The molecule has 2 aromatic rings. The van der Waals surface area contributed by atoms with Crippen LogP contribution >= 0.6 is 0 Å². The molecule has 2 heterocycles. The number of nitrogens with one attached hydrogen (secondary N) is 1. The molecule has 1 aromatic heterocycles. The van der Waals surface area contributed by atoms with Gasteiger partial charge in [0.25, 0.3) is 0 Å². The number of H-pyrrole nitrogens is 1. The molecule has 8 heteroatoms. The zero-order chi connectivity index (χ0) is 16.4. The van der Waals surface area contributed by atoms with E-state index in [9.17, 15) is 13.9 Å². The highest BCUT2D eigenvalue weighted by atomic mass is 19.1. The van der Waals surface area contributed by atoms with Gasteiger partial charge in [-0.1, -0.05) is 6.07 Å². The van der Waals surface area contributed by atoms with Crippen LogP contribution in [-0.2, 0) is 4.74 Å². The van der Waals surface area contributed by atoms with Crippen molar-refractivity contribution in [3.63, 3.8) is 0 Å². The lowest BCUT2D eigenvalue weighted by molar-refractivity contribution is -0.0463. The van der Waals surface area contributed by atoms with Crippen molar-refractivity contribution in [1.29, 1.82) is 0 Å². The molecule has 3 rings (SSSR count). The van der Waals surface area contributed by atoms with E-state index in [0.717, 1.165) is 12.1 Å². The van der Waals surface area contributed by atoms with Crippen molar-refractivity contribution in [2.24, 2.45) is 0 Å². The second-order valence-electron chi connectivity index (χ2n) is 5.58. The zero-order valence-electron chi connectivity index (χ0n) is 12.7. The normalized spacial score (nSPS) is 20.6. The van der Waals surface area contributed by atoms with Gasteiger partial charge in [0.15, 0.2) is 5.82 Å². The Bertz CT molecular complexity index is 679. The van der Waals surface area contributed by atoms with E-state index in [1.165, 1.54) is 6.07 Å². The van der Waals surface area contributed by atoms with E-state index < -0.39 is 17.7 Å². The Morgan fingerprint density at radius 2 is 2.30 bits per heavy atom. The quantitative estimate of drug-likeness (QED) is 0.891. The van der Waals surface area contributed by atoms with Gasteiger partial charge in [0.05, 0.1) is 12.7 Å². The fraction of sp³-hybridized carbons (Fsp3) is 0.467. The number of hydrogen-bond acceptors (Lipinski definition) is 5. The molecule has 0 bridgehead atoms. The van der Waals surface area contributed by atoms with Crippen molar-refractivity contribution in [1.82, 2.24) is 20.1 Å². The molecule has 0 spiro atoms. The molecule has 2 N–H and O–H groups in total. The van der Waals surface area contributed by atoms with Crippen LogP contribution in [0.5, 0.6) is 0 Å². The van der Waals surface area contributed by atoms with E-state index in [0.29, 0.717) is 31.3 Å². The van der Waals surface area contributed by atoms with Gasteiger partial charge in [-0.05, 0) is 13.0 Å². The van der Waals surface area contributed by atoms with Gasteiger partial charge in [0, 0.05) is 31.3 Å². The first-order chi connectivity index (χ1) is 11.0. The summed E-state index contributed by atoms with van der Waals surface area (Å²) in [6.45, 7) is 3.61. The topological polar surface area (TPSA) is 74.3 Å². The molecular weight excluding hydrogens is 306 g/mol. The summed E-state index contributed by atoms with van der Waals surface area (Å²) in [7, 11) is 0. The Morgan fingerprint density at radius 3 is 3.00 bits per heavy atom. The Balaban J connectivity index is 1.65. The number of benzene rings is 1. The smallest absolute Gasteiger partial charge is 0.180 e. The lowest BCUT2D eigenvalue weighted by Gasteiger charge is -2.32. The minimum absolute atomic E-state index is 0.0863. The summed E-state index contributed by atoms with van der Waals surface area (Å²) in [6, 6.07) is 3.18. The van der Waals surface area contributed by atoms with E-state index in [2.05, 4.69) is 15.2 Å². The zero-order valence-corrected chi connectivity index (χ0v) is 12.7. The summed E-state index contributed by atoms with van der Waals surface area (Å²) >= 11 is 0. The van der Waals surface area contributed by atoms with Gasteiger partial charge >= 0.3 is 0 Å². The number of hydrogen-bond donors (Lipinski definition) is 2. The molecular formula is C15H18F2N4O2. The number of halogens is 2. The van der Waals surface area contributed by atoms with E-state index >= 15 is 0 Å². The van der Waals surface area contributed by atoms with Crippen LogP contribution in [0.1, 0.15) is 29.4 Å². The second-order valence-corrected chi connectivity index (χ2v) is 5.58. The molecule has 23 heavy (non-hydrogen) atoms. The van der Waals surface area contributed by atoms with Crippen molar-refractivity contribution in [3.8, 4) is 0 Å². The molecule has 1 saturated heterocycles. The molecule has 1 fully saturated rings. The predicted octanol–water partition coefficient (Wildman–Crippen LogP) is 1.50. The summed E-state index contributed by atoms with van der Waals surface area (Å²) in [4.78, 5) is 6.20. The van der Waals surface area contributed by atoms with Crippen molar-refractivity contribution < 1.29 is 18.6 Å². The van der Waals surface area contributed by atoms with Crippen LogP contribution in [0.2, 0.25) is 0 Å². The fourth-order valence-electron chi connectivity index (χ4n) is 2.64. The van der Waals surface area contributed by atoms with Crippen molar-refractivity contribution in [2.75, 3.05) is 26.2 Å². The first-order valence-electron chi connectivity index (χ1n) is 7.39. The number of morpholine rings is 1. The lowest BCUT2D eigenvalue weighted by Crippen LogP contribution is -2.41. The molecule has 1 aliphatic heterocycles. The molecule has 124 valence electrons. The number of β-amino-alcohol motifs (C(OH)–C–C–N with tert-alkyl or cyclic N) is 1. The van der Waals surface area contributed by atoms with Crippen molar-refractivity contribution in [2.45, 2.75) is 19.1 Å². The van der Waals surface area contributed by atoms with Gasteiger partial charge in [-0.25, -0.2) is 13.8 Å². The van der Waals surface area contributed by atoms with Crippen LogP contribution in [0.15, 0.2) is 18.2 Å². The number of rotatable bonds is 4. The summed E-state index contributed by atoms with van der Waals surface area (Å²) in [5.41, 5.74) is 0.0863. The summed E-state index contributed by atoms with van der Waals surface area (Å²) in [6.07, 6.45) is -1.33. The van der Waals surface area contributed by atoms with Gasteiger partial charge < -0.3 is 9.84 Å². The van der Waals surface area contributed by atoms with Crippen molar-refractivity contribution in [3.05, 3.63) is 47.0 Å². The summed E-state index contributed by atoms with van der Waals surface area (Å²) < 4.78 is 32.3. The average Bonchev–Trinajstić information content (AvgIpc) is 2.94. The molecule has 0 radical (unpaired) electrons. The maximum absolute atomic E-state index is 13.7. The highest BCUT2D eigenvalue weighted by molar-refractivity contribution is 5.21. The van der Waals surface area contributed by atoms with Crippen LogP contribution < -0.4 is 0 Å². The third-order valence-corrected chi connectivity index (χ3v) is 3.81. The number of aliphatic hydroxyl groups excluding tert-OH is 1. The lowest BCUT2D eigenvalue weighted by atomic mass is 10.1. The van der Waals surface area contributed by atoms with E-state index in [4.69, 9.17) is 4.74 Å². The number of aliphatic hydroxyl groups is 1. The van der Waals surface area contributed by atoms with E-state index in [1.54, 1.807) is 6.92 Å². The Morgan fingerprint density at radius 1 is 1.48 bits per heavy atom. The SMILES string of the molecule is Cc1nc([C@@H]2CN(C[C@@H](O)c3ccc(F)cc3F)CCO2)n[nH]1. The number of aryl methyl sites for hydroxylation is 1. The summed E-state index contributed by atoms with van der Waals surface area (Å²) in [5, 5.41) is 17.1. The monoisotopic (exact) mass is 324 g/mol. The maximum Gasteiger partial charge on any atom is 0.180 e. The van der Waals surface area contributed by atoms with Gasteiger partial charge in [-0.2, -0.15) is 5.10 Å². The molecule has 1 aromatic carbocycles. The number of aromatic amines is 1. The minimum Gasteiger partial charge on any atom is -0.387 e. The average molecular weight is 324 g/mol. The third kappa shape index (κ3) is 3.72. The molecule has 1 aliphatic rings. The van der Waals surface area contributed by atoms with Crippen LogP contribution in [0.3, 0.4) is 0 Å². The Labute approximate surface area is 132 Å². The molecule has 2 atom stereocenters. The number of nitrogens with zero attached hydrogens (tertiary/aromatic N) is 3. The maximum atomic E-state index is 13.7. The highest BCUT2D eigenvalue weighted by Gasteiger charge is 2.27.